The van der Waals surface area contributed by atoms with E-state index in [-0.39, 0.29) is 11.8 Å². The van der Waals surface area contributed by atoms with E-state index in [2.05, 4.69) is 5.32 Å². The van der Waals surface area contributed by atoms with E-state index in [0.717, 1.165) is 23.6 Å². The third-order valence-corrected chi connectivity index (χ3v) is 4.11. The molecule has 5 heteroatoms. The summed E-state index contributed by atoms with van der Waals surface area (Å²) in [6.07, 6.45) is 0.962. The fourth-order valence-corrected chi connectivity index (χ4v) is 3.12. The van der Waals surface area contributed by atoms with Crippen LogP contribution in [0.25, 0.3) is 0 Å². The molecule has 1 aromatic carbocycles. The number of ether oxygens (including phenoxy) is 2. The van der Waals surface area contributed by atoms with E-state index in [1.165, 1.54) is 0 Å². The third-order valence-electron chi connectivity index (χ3n) is 2.95. The van der Waals surface area contributed by atoms with E-state index in [9.17, 15) is 4.79 Å². The van der Waals surface area contributed by atoms with Crippen molar-refractivity contribution in [2.24, 2.45) is 5.92 Å². The van der Waals surface area contributed by atoms with Crippen LogP contribution in [0.5, 0.6) is 11.5 Å². The van der Waals surface area contributed by atoms with Crippen molar-refractivity contribution in [3.8, 4) is 11.5 Å². The Balaban J connectivity index is 2.06. The maximum Gasteiger partial charge on any atom is 0.228 e. The Morgan fingerprint density at radius 3 is 2.72 bits per heavy atom. The van der Waals surface area contributed by atoms with Crippen molar-refractivity contribution in [3.63, 3.8) is 0 Å². The molecule has 1 fully saturated rings. The van der Waals surface area contributed by atoms with Gasteiger partial charge in [-0.05, 0) is 24.3 Å². The predicted octanol–water partition coefficient (Wildman–Crippen LogP) is 2.40. The summed E-state index contributed by atoms with van der Waals surface area (Å²) in [4.78, 5) is 12.0. The molecule has 0 aliphatic carbocycles. The fourth-order valence-electron chi connectivity index (χ4n) is 1.90. The van der Waals surface area contributed by atoms with E-state index in [4.69, 9.17) is 9.47 Å². The van der Waals surface area contributed by atoms with Crippen molar-refractivity contribution in [1.82, 2.24) is 0 Å². The second-order valence-corrected chi connectivity index (χ2v) is 5.27. The van der Waals surface area contributed by atoms with Gasteiger partial charge in [0.1, 0.15) is 0 Å². The van der Waals surface area contributed by atoms with E-state index < -0.39 is 0 Å². The van der Waals surface area contributed by atoms with Gasteiger partial charge in [-0.25, -0.2) is 0 Å². The Labute approximate surface area is 111 Å². The second kappa shape index (κ2) is 6.00. The lowest BCUT2D eigenvalue weighted by molar-refractivity contribution is -0.119. The van der Waals surface area contributed by atoms with Gasteiger partial charge in [-0.3, -0.25) is 4.79 Å². The van der Waals surface area contributed by atoms with Gasteiger partial charge >= 0.3 is 0 Å². The molecule has 0 spiro atoms. The molecule has 1 aliphatic heterocycles. The Bertz CT molecular complexity index is 430. The topological polar surface area (TPSA) is 47.6 Å². The number of thioether (sulfide) groups is 1. The number of rotatable bonds is 4. The number of methoxy groups -OCH3 is 2. The van der Waals surface area contributed by atoms with Crippen LogP contribution in [0.3, 0.4) is 0 Å². The van der Waals surface area contributed by atoms with E-state index in [1.54, 1.807) is 26.4 Å². The Morgan fingerprint density at radius 1 is 1.33 bits per heavy atom. The number of anilines is 1. The van der Waals surface area contributed by atoms with E-state index in [0.29, 0.717) is 11.5 Å². The van der Waals surface area contributed by atoms with Gasteiger partial charge in [0.05, 0.1) is 14.2 Å². The number of hydrogen-bond acceptors (Lipinski definition) is 4. The van der Waals surface area contributed by atoms with Crippen molar-refractivity contribution >= 4 is 23.4 Å². The van der Waals surface area contributed by atoms with Gasteiger partial charge < -0.3 is 14.8 Å². The smallest absolute Gasteiger partial charge is 0.228 e. The highest BCUT2D eigenvalue weighted by atomic mass is 32.2. The summed E-state index contributed by atoms with van der Waals surface area (Å²) in [6, 6.07) is 5.39. The third kappa shape index (κ3) is 2.90. The maximum atomic E-state index is 12.0. The zero-order valence-corrected chi connectivity index (χ0v) is 11.4. The lowest BCUT2D eigenvalue weighted by Gasteiger charge is -2.12. The van der Waals surface area contributed by atoms with Gasteiger partial charge in [0.2, 0.25) is 5.91 Å². The zero-order valence-electron chi connectivity index (χ0n) is 10.6. The van der Waals surface area contributed by atoms with Crippen LogP contribution in [0.2, 0.25) is 0 Å². The Kier molecular flexibility index (Phi) is 4.36. The van der Waals surface area contributed by atoms with Gasteiger partial charge in [-0.15, -0.1) is 0 Å². The number of nitrogens with one attached hydrogen (secondary N) is 1. The molecule has 98 valence electrons. The van der Waals surface area contributed by atoms with E-state index in [1.807, 2.05) is 17.8 Å². The minimum atomic E-state index is 0.0900. The van der Waals surface area contributed by atoms with Crippen LogP contribution in [0.1, 0.15) is 6.42 Å². The zero-order chi connectivity index (χ0) is 13.0. The molecule has 0 radical (unpaired) electrons. The van der Waals surface area contributed by atoms with Crippen molar-refractivity contribution in [2.75, 3.05) is 31.0 Å². The molecule has 1 amide bonds. The number of hydrogen-bond donors (Lipinski definition) is 1. The molecular weight excluding hydrogens is 250 g/mol. The molecule has 1 saturated heterocycles. The van der Waals surface area contributed by atoms with Gasteiger partial charge in [-0.1, -0.05) is 0 Å². The number of benzene rings is 1. The predicted molar refractivity (Wildman–Crippen MR) is 73.6 cm³/mol. The van der Waals surface area contributed by atoms with Crippen LogP contribution in [0.4, 0.5) is 5.69 Å². The van der Waals surface area contributed by atoms with Crippen molar-refractivity contribution in [3.05, 3.63) is 18.2 Å². The summed E-state index contributed by atoms with van der Waals surface area (Å²) in [5, 5.41) is 2.92. The van der Waals surface area contributed by atoms with Gasteiger partial charge in [0.25, 0.3) is 0 Å². The van der Waals surface area contributed by atoms with Crippen molar-refractivity contribution < 1.29 is 14.3 Å². The largest absolute Gasteiger partial charge is 0.493 e. The lowest BCUT2D eigenvalue weighted by Crippen LogP contribution is -2.22. The molecule has 0 bridgehead atoms. The number of amides is 1. The van der Waals surface area contributed by atoms with Gasteiger partial charge in [0, 0.05) is 23.4 Å². The lowest BCUT2D eigenvalue weighted by atomic mass is 10.1. The summed E-state index contributed by atoms with van der Waals surface area (Å²) >= 11 is 1.83. The van der Waals surface area contributed by atoms with Crippen LogP contribution in [-0.2, 0) is 4.79 Å². The van der Waals surface area contributed by atoms with E-state index >= 15 is 0 Å². The number of carbonyl (C=O) groups excluding carboxylic acids is 1. The minimum absolute atomic E-state index is 0.0900. The molecule has 1 unspecified atom stereocenters. The molecule has 2 rings (SSSR count). The van der Waals surface area contributed by atoms with Crippen LogP contribution < -0.4 is 14.8 Å². The first kappa shape index (κ1) is 13.1. The standard InChI is InChI=1S/C13H17NO3S/c1-16-11-4-3-10(7-12(11)17-2)14-13(15)9-5-6-18-8-9/h3-4,7,9H,5-6,8H2,1-2H3,(H,14,15). The van der Waals surface area contributed by atoms with Crippen LogP contribution in [0.15, 0.2) is 18.2 Å². The average molecular weight is 267 g/mol. The number of carbonyl (C=O) groups is 1. The fraction of sp³-hybridized carbons (Fsp3) is 0.462. The molecule has 0 aromatic heterocycles. The van der Waals surface area contributed by atoms with Crippen molar-refractivity contribution in [1.29, 1.82) is 0 Å². The summed E-state index contributed by atoms with van der Waals surface area (Å²) < 4.78 is 10.4. The molecule has 1 heterocycles. The van der Waals surface area contributed by atoms with Gasteiger partial charge in [-0.2, -0.15) is 11.8 Å². The summed E-state index contributed by atoms with van der Waals surface area (Å²) in [7, 11) is 3.17. The molecule has 0 saturated carbocycles. The van der Waals surface area contributed by atoms with Gasteiger partial charge in [0.15, 0.2) is 11.5 Å². The highest BCUT2D eigenvalue weighted by molar-refractivity contribution is 7.99. The molecule has 1 aliphatic rings. The first-order valence-electron chi connectivity index (χ1n) is 5.85. The summed E-state index contributed by atoms with van der Waals surface area (Å²) in [5.41, 5.74) is 0.745. The summed E-state index contributed by atoms with van der Waals surface area (Å²) in [5.74, 6) is 3.49. The summed E-state index contributed by atoms with van der Waals surface area (Å²) in [6.45, 7) is 0. The molecule has 4 nitrogen and oxygen atoms in total. The van der Waals surface area contributed by atoms with Crippen LogP contribution in [0, 0.1) is 5.92 Å². The molecule has 1 aromatic rings. The Hall–Kier alpha value is -1.36. The quantitative estimate of drug-likeness (QED) is 0.910. The van der Waals surface area contributed by atoms with Crippen LogP contribution in [-0.4, -0.2) is 31.6 Å². The molecule has 1 atom stereocenters. The minimum Gasteiger partial charge on any atom is -0.493 e. The normalized spacial score (nSPS) is 18.4. The highest BCUT2D eigenvalue weighted by Gasteiger charge is 2.23. The molecular formula is C13H17NO3S. The SMILES string of the molecule is COc1ccc(NC(=O)C2CCSC2)cc1OC. The second-order valence-electron chi connectivity index (χ2n) is 4.12. The highest BCUT2D eigenvalue weighted by Crippen LogP contribution is 2.30. The van der Waals surface area contributed by atoms with Crippen LogP contribution >= 0.6 is 11.8 Å². The van der Waals surface area contributed by atoms with Crippen molar-refractivity contribution in [2.45, 2.75) is 6.42 Å². The Morgan fingerprint density at radius 2 is 2.11 bits per heavy atom. The maximum absolute atomic E-state index is 12.0. The first-order valence-corrected chi connectivity index (χ1v) is 7.00. The average Bonchev–Trinajstić information content (AvgIpc) is 2.92. The monoisotopic (exact) mass is 267 g/mol. The molecule has 1 N–H and O–H groups in total. The first-order chi connectivity index (χ1) is 8.74. The molecule has 18 heavy (non-hydrogen) atoms.